The van der Waals surface area contributed by atoms with Crippen LogP contribution in [0.4, 0.5) is 4.79 Å². The van der Waals surface area contributed by atoms with Crippen LogP contribution in [0.15, 0.2) is 54.6 Å². The Bertz CT molecular complexity index is 1040. The van der Waals surface area contributed by atoms with Crippen molar-refractivity contribution in [2.45, 2.75) is 78.6 Å². The van der Waals surface area contributed by atoms with Crippen molar-refractivity contribution in [3.63, 3.8) is 0 Å². The lowest BCUT2D eigenvalue weighted by molar-refractivity contribution is -0.143. The summed E-state index contributed by atoms with van der Waals surface area (Å²) in [5.41, 5.74) is 0.674. The Morgan fingerprint density at radius 3 is 2.27 bits per heavy atom. The number of alkyl carbamates (subject to hydrolysis) is 1. The van der Waals surface area contributed by atoms with E-state index in [4.69, 9.17) is 4.74 Å². The zero-order valence-corrected chi connectivity index (χ0v) is 22.8. The van der Waals surface area contributed by atoms with Gasteiger partial charge in [-0.05, 0) is 56.4 Å². The van der Waals surface area contributed by atoms with Crippen molar-refractivity contribution >= 4 is 17.9 Å². The third kappa shape index (κ3) is 9.12. The number of rotatable bonds is 11. The Labute approximate surface area is 220 Å². The van der Waals surface area contributed by atoms with Crippen LogP contribution in [-0.2, 0) is 20.9 Å². The number of ether oxygens (including phenoxy) is 1. The van der Waals surface area contributed by atoms with E-state index in [2.05, 4.69) is 10.6 Å². The Kier molecular flexibility index (Phi) is 11.0. The van der Waals surface area contributed by atoms with Gasteiger partial charge in [-0.3, -0.25) is 9.59 Å². The molecule has 0 fully saturated rings. The summed E-state index contributed by atoms with van der Waals surface area (Å²) in [5.74, 6) is -0.981. The SMILES string of the molecule is CCCN(C(=O)C(NC(=O)OC(C)(C)C)C(C)CC)C(C(=O)NCc1ccccc1)c1cccc(O)c1. The standard InChI is InChI=1S/C29H41N3O5/c1-7-17-32(27(35)24(20(3)8-2)31-28(36)37-29(4,5)6)25(22-15-12-16-23(33)18-22)26(34)30-19-21-13-10-9-11-14-21/h9-16,18,20,24-25,33H,7-8,17,19H2,1-6H3,(H,30,34)(H,31,36). The summed E-state index contributed by atoms with van der Waals surface area (Å²) in [5, 5.41) is 15.8. The number of amides is 3. The molecule has 3 atom stereocenters. The van der Waals surface area contributed by atoms with E-state index in [1.54, 1.807) is 32.9 Å². The Morgan fingerprint density at radius 2 is 1.70 bits per heavy atom. The van der Waals surface area contributed by atoms with Crippen LogP contribution in [0.1, 0.15) is 71.6 Å². The molecule has 8 nitrogen and oxygen atoms in total. The van der Waals surface area contributed by atoms with Gasteiger partial charge in [-0.1, -0.05) is 69.7 Å². The number of nitrogens with zero attached hydrogens (tertiary/aromatic N) is 1. The molecule has 2 aromatic carbocycles. The highest BCUT2D eigenvalue weighted by Gasteiger charge is 2.37. The molecule has 0 aliphatic heterocycles. The minimum absolute atomic E-state index is 0.00684. The number of benzene rings is 2. The van der Waals surface area contributed by atoms with Crippen LogP contribution >= 0.6 is 0 Å². The molecule has 0 bridgehead atoms. The molecule has 0 aromatic heterocycles. The van der Waals surface area contributed by atoms with Gasteiger partial charge in [0, 0.05) is 13.1 Å². The van der Waals surface area contributed by atoms with E-state index < -0.39 is 23.8 Å². The predicted molar refractivity (Wildman–Crippen MR) is 144 cm³/mol. The van der Waals surface area contributed by atoms with Crippen LogP contribution in [0, 0.1) is 5.92 Å². The highest BCUT2D eigenvalue weighted by molar-refractivity contribution is 5.92. The van der Waals surface area contributed by atoms with Crippen LogP contribution in [0.2, 0.25) is 0 Å². The molecular formula is C29H41N3O5. The van der Waals surface area contributed by atoms with Gasteiger partial charge in [0.25, 0.3) is 0 Å². The van der Waals surface area contributed by atoms with Crippen LogP contribution in [0.25, 0.3) is 0 Å². The maximum Gasteiger partial charge on any atom is 0.408 e. The first kappa shape index (κ1) is 29.7. The third-order valence-corrected chi connectivity index (χ3v) is 5.95. The van der Waals surface area contributed by atoms with Gasteiger partial charge in [0.15, 0.2) is 0 Å². The number of phenols is 1. The van der Waals surface area contributed by atoms with E-state index in [-0.39, 0.29) is 36.6 Å². The summed E-state index contributed by atoms with van der Waals surface area (Å²) < 4.78 is 5.42. The van der Waals surface area contributed by atoms with E-state index in [9.17, 15) is 19.5 Å². The second-order valence-electron chi connectivity index (χ2n) is 10.2. The molecule has 0 radical (unpaired) electrons. The Morgan fingerprint density at radius 1 is 1.03 bits per heavy atom. The topological polar surface area (TPSA) is 108 Å². The normalized spacial score (nSPS) is 13.7. The van der Waals surface area contributed by atoms with Gasteiger partial charge in [-0.25, -0.2) is 4.79 Å². The van der Waals surface area contributed by atoms with Gasteiger partial charge in [0.1, 0.15) is 23.4 Å². The van der Waals surface area contributed by atoms with Crippen LogP contribution in [-0.4, -0.2) is 46.1 Å². The zero-order chi connectivity index (χ0) is 27.6. The minimum atomic E-state index is -1.00. The maximum absolute atomic E-state index is 14.0. The van der Waals surface area contributed by atoms with Gasteiger partial charge in [0.05, 0.1) is 0 Å². The molecule has 8 heteroatoms. The van der Waals surface area contributed by atoms with Gasteiger partial charge in [-0.15, -0.1) is 0 Å². The number of carbonyl (C=O) groups excluding carboxylic acids is 3. The fourth-order valence-corrected chi connectivity index (χ4v) is 3.95. The minimum Gasteiger partial charge on any atom is -0.508 e. The largest absolute Gasteiger partial charge is 0.508 e. The maximum atomic E-state index is 14.0. The molecular weight excluding hydrogens is 470 g/mol. The Balaban J connectivity index is 2.44. The number of hydrogen-bond acceptors (Lipinski definition) is 5. The average molecular weight is 512 g/mol. The van der Waals surface area contributed by atoms with E-state index in [0.29, 0.717) is 18.4 Å². The quantitative estimate of drug-likeness (QED) is 0.397. The van der Waals surface area contributed by atoms with Crippen LogP contribution in [0.5, 0.6) is 5.75 Å². The lowest BCUT2D eigenvalue weighted by Gasteiger charge is -2.36. The number of nitrogens with one attached hydrogen (secondary N) is 2. The summed E-state index contributed by atoms with van der Waals surface area (Å²) in [6, 6.07) is 13.9. The van der Waals surface area contributed by atoms with E-state index in [1.165, 1.54) is 17.0 Å². The molecule has 2 rings (SSSR count). The van der Waals surface area contributed by atoms with Crippen molar-refractivity contribution < 1.29 is 24.2 Å². The predicted octanol–water partition coefficient (Wildman–Crippen LogP) is 4.93. The van der Waals surface area contributed by atoms with Crippen LogP contribution < -0.4 is 10.6 Å². The lowest BCUT2D eigenvalue weighted by atomic mass is 9.95. The van der Waals surface area contributed by atoms with E-state index in [1.807, 2.05) is 51.1 Å². The monoisotopic (exact) mass is 511 g/mol. The fraction of sp³-hybridized carbons (Fsp3) is 0.483. The van der Waals surface area contributed by atoms with Gasteiger partial charge in [0.2, 0.25) is 11.8 Å². The summed E-state index contributed by atoms with van der Waals surface area (Å²) >= 11 is 0. The average Bonchev–Trinajstić information content (AvgIpc) is 2.84. The van der Waals surface area contributed by atoms with Crippen molar-refractivity contribution in [2.75, 3.05) is 6.54 Å². The van der Waals surface area contributed by atoms with Crippen LogP contribution in [0.3, 0.4) is 0 Å². The van der Waals surface area contributed by atoms with Gasteiger partial charge < -0.3 is 25.4 Å². The summed E-state index contributed by atoms with van der Waals surface area (Å²) in [6.45, 7) is 11.6. The number of hydrogen-bond donors (Lipinski definition) is 3. The number of phenolic OH excluding ortho intramolecular Hbond substituents is 1. The van der Waals surface area contributed by atoms with Crippen molar-refractivity contribution in [3.05, 3.63) is 65.7 Å². The molecule has 0 aliphatic rings. The fourth-order valence-electron chi connectivity index (χ4n) is 3.95. The zero-order valence-electron chi connectivity index (χ0n) is 22.8. The van der Waals surface area contributed by atoms with Gasteiger partial charge >= 0.3 is 6.09 Å². The van der Waals surface area contributed by atoms with E-state index in [0.717, 1.165) is 5.56 Å². The first-order valence-corrected chi connectivity index (χ1v) is 12.9. The smallest absolute Gasteiger partial charge is 0.408 e. The van der Waals surface area contributed by atoms with Crippen molar-refractivity contribution in [1.82, 2.24) is 15.5 Å². The molecule has 0 saturated heterocycles. The molecule has 3 amide bonds. The second-order valence-corrected chi connectivity index (χ2v) is 10.2. The first-order valence-electron chi connectivity index (χ1n) is 12.9. The van der Waals surface area contributed by atoms with Gasteiger partial charge in [-0.2, -0.15) is 0 Å². The molecule has 3 unspecified atom stereocenters. The second kappa shape index (κ2) is 13.7. The molecule has 0 aliphatic carbocycles. The molecule has 3 N–H and O–H groups in total. The molecule has 37 heavy (non-hydrogen) atoms. The molecule has 2 aromatic rings. The van der Waals surface area contributed by atoms with Crippen molar-refractivity contribution in [2.24, 2.45) is 5.92 Å². The van der Waals surface area contributed by atoms with E-state index >= 15 is 0 Å². The van der Waals surface area contributed by atoms with Crippen molar-refractivity contribution in [3.8, 4) is 5.75 Å². The van der Waals surface area contributed by atoms with Crippen molar-refractivity contribution in [1.29, 1.82) is 0 Å². The highest BCUT2D eigenvalue weighted by atomic mass is 16.6. The Hall–Kier alpha value is -3.55. The lowest BCUT2D eigenvalue weighted by Crippen LogP contribution is -2.55. The third-order valence-electron chi connectivity index (χ3n) is 5.95. The highest BCUT2D eigenvalue weighted by Crippen LogP contribution is 2.27. The summed E-state index contributed by atoms with van der Waals surface area (Å²) in [6.07, 6.45) is 0.528. The summed E-state index contributed by atoms with van der Waals surface area (Å²) in [7, 11) is 0. The number of aromatic hydroxyl groups is 1. The molecule has 202 valence electrons. The first-order chi connectivity index (χ1) is 17.5. The molecule has 0 heterocycles. The molecule has 0 spiro atoms. The molecule has 0 saturated carbocycles. The number of carbonyl (C=O) groups is 3. The summed E-state index contributed by atoms with van der Waals surface area (Å²) in [4.78, 5) is 41.8.